The molecule has 0 spiro atoms. The fraction of sp³-hybridized carbons (Fsp3) is 0.316. The van der Waals surface area contributed by atoms with Crippen molar-refractivity contribution in [1.82, 2.24) is 0 Å². The van der Waals surface area contributed by atoms with Gasteiger partial charge in [-0.2, -0.15) is 0 Å². The van der Waals surface area contributed by atoms with Crippen molar-refractivity contribution in [3.8, 4) is 23.0 Å². The highest BCUT2D eigenvalue weighted by molar-refractivity contribution is 5.94. The fourth-order valence-corrected chi connectivity index (χ4v) is 2.80. The summed E-state index contributed by atoms with van der Waals surface area (Å²) in [4.78, 5) is 12.6. The predicted molar refractivity (Wildman–Crippen MR) is 93.9 cm³/mol. The number of benzene rings is 2. The lowest BCUT2D eigenvalue weighted by Crippen LogP contribution is -2.32. The van der Waals surface area contributed by atoms with Crippen LogP contribution in [-0.4, -0.2) is 33.8 Å². The number of methoxy groups -OCH3 is 3. The van der Waals surface area contributed by atoms with Gasteiger partial charge in [-0.05, 0) is 42.3 Å². The lowest BCUT2D eigenvalue weighted by atomic mass is 9.95. The molecule has 0 fully saturated rings. The number of amides is 1. The number of rotatable bonds is 5. The summed E-state index contributed by atoms with van der Waals surface area (Å²) in [7, 11) is 4.75. The largest absolute Gasteiger partial charge is 0.497 e. The Morgan fingerprint density at radius 1 is 1.04 bits per heavy atom. The van der Waals surface area contributed by atoms with Gasteiger partial charge in [-0.1, -0.05) is 0 Å². The van der Waals surface area contributed by atoms with E-state index in [0.29, 0.717) is 30.2 Å². The van der Waals surface area contributed by atoms with Gasteiger partial charge >= 0.3 is 0 Å². The number of ether oxygens (including phenoxy) is 4. The van der Waals surface area contributed by atoms with Crippen LogP contribution in [-0.2, 0) is 11.2 Å². The Morgan fingerprint density at radius 3 is 2.48 bits per heavy atom. The molecule has 2 aromatic rings. The van der Waals surface area contributed by atoms with E-state index >= 15 is 0 Å². The van der Waals surface area contributed by atoms with Crippen molar-refractivity contribution in [3.63, 3.8) is 0 Å². The average molecular weight is 343 g/mol. The molecule has 3 rings (SSSR count). The second kappa shape index (κ2) is 7.34. The molecule has 25 heavy (non-hydrogen) atoms. The summed E-state index contributed by atoms with van der Waals surface area (Å²) in [6.45, 7) is 0.337. The first-order chi connectivity index (χ1) is 12.1. The van der Waals surface area contributed by atoms with Gasteiger partial charge in [0.1, 0.15) is 29.6 Å². The van der Waals surface area contributed by atoms with Gasteiger partial charge in [-0.3, -0.25) is 4.79 Å². The molecule has 0 saturated heterocycles. The second-order valence-electron chi connectivity index (χ2n) is 5.74. The molecule has 0 aliphatic carbocycles. The highest BCUT2D eigenvalue weighted by atomic mass is 16.5. The Morgan fingerprint density at radius 2 is 1.76 bits per heavy atom. The van der Waals surface area contributed by atoms with Crippen molar-refractivity contribution in [2.24, 2.45) is 5.92 Å². The van der Waals surface area contributed by atoms with Crippen LogP contribution in [0.5, 0.6) is 23.0 Å². The third-order valence-electron chi connectivity index (χ3n) is 4.21. The summed E-state index contributed by atoms with van der Waals surface area (Å²) in [6, 6.07) is 10.9. The van der Waals surface area contributed by atoms with Crippen LogP contribution in [0.15, 0.2) is 36.4 Å². The van der Waals surface area contributed by atoms with Crippen LogP contribution in [0.25, 0.3) is 0 Å². The number of anilines is 1. The second-order valence-corrected chi connectivity index (χ2v) is 5.74. The summed E-state index contributed by atoms with van der Waals surface area (Å²) >= 11 is 0. The maximum Gasteiger partial charge on any atom is 0.231 e. The molecule has 0 radical (unpaired) electrons. The van der Waals surface area contributed by atoms with Gasteiger partial charge in [0.05, 0.1) is 32.9 Å². The number of fused-ring (bicyclic) bond motifs is 1. The molecule has 1 aliphatic heterocycles. The molecule has 0 aromatic heterocycles. The van der Waals surface area contributed by atoms with Gasteiger partial charge in [0.2, 0.25) is 5.91 Å². The Bertz CT molecular complexity index is 774. The van der Waals surface area contributed by atoms with E-state index in [9.17, 15) is 4.79 Å². The van der Waals surface area contributed by atoms with Crippen LogP contribution in [0.3, 0.4) is 0 Å². The van der Waals surface area contributed by atoms with Crippen molar-refractivity contribution < 1.29 is 23.7 Å². The lowest BCUT2D eigenvalue weighted by Gasteiger charge is -2.25. The molecular formula is C19H21NO5. The van der Waals surface area contributed by atoms with Gasteiger partial charge in [-0.15, -0.1) is 0 Å². The number of hydrogen-bond donors (Lipinski definition) is 1. The lowest BCUT2D eigenvalue weighted by molar-refractivity contribution is -0.121. The summed E-state index contributed by atoms with van der Waals surface area (Å²) in [5, 5.41) is 2.91. The Labute approximate surface area is 146 Å². The Balaban J connectivity index is 1.74. The molecule has 1 heterocycles. The monoisotopic (exact) mass is 343 g/mol. The minimum atomic E-state index is -0.286. The topological polar surface area (TPSA) is 66.0 Å². The molecule has 1 aliphatic rings. The molecule has 1 amide bonds. The summed E-state index contributed by atoms with van der Waals surface area (Å²) in [6.07, 6.45) is 0.594. The average Bonchev–Trinajstić information content (AvgIpc) is 2.67. The standard InChI is InChI=1S/C19H21NO5/c1-22-14-5-7-17-12(9-14)8-13(11-25-17)19(21)20-16-6-4-15(23-2)10-18(16)24-3/h4-7,9-10,13H,8,11H2,1-3H3,(H,20,21)/t13-/m1/s1. The van der Waals surface area contributed by atoms with Crippen LogP contribution in [0.1, 0.15) is 5.56 Å². The molecule has 6 nitrogen and oxygen atoms in total. The van der Waals surface area contributed by atoms with Crippen molar-refractivity contribution in [3.05, 3.63) is 42.0 Å². The molecule has 132 valence electrons. The first-order valence-corrected chi connectivity index (χ1v) is 7.97. The van der Waals surface area contributed by atoms with Crippen LogP contribution in [0, 0.1) is 5.92 Å². The molecule has 0 saturated carbocycles. The van der Waals surface area contributed by atoms with Crippen molar-refractivity contribution in [1.29, 1.82) is 0 Å². The highest BCUT2D eigenvalue weighted by Gasteiger charge is 2.27. The molecule has 1 atom stereocenters. The Kier molecular flexibility index (Phi) is 4.97. The third kappa shape index (κ3) is 3.63. The van der Waals surface area contributed by atoms with E-state index in [1.165, 1.54) is 0 Å². The van der Waals surface area contributed by atoms with Gasteiger partial charge in [-0.25, -0.2) is 0 Å². The normalized spacial score (nSPS) is 15.6. The van der Waals surface area contributed by atoms with E-state index in [0.717, 1.165) is 17.1 Å². The maximum atomic E-state index is 12.6. The van der Waals surface area contributed by atoms with E-state index < -0.39 is 0 Å². The van der Waals surface area contributed by atoms with Gasteiger partial charge < -0.3 is 24.3 Å². The molecular weight excluding hydrogens is 322 g/mol. The van der Waals surface area contributed by atoms with Crippen molar-refractivity contribution in [2.45, 2.75) is 6.42 Å². The number of carbonyl (C=O) groups excluding carboxylic acids is 1. The predicted octanol–water partition coefficient (Wildman–Crippen LogP) is 2.90. The van der Waals surface area contributed by atoms with Gasteiger partial charge in [0, 0.05) is 6.07 Å². The van der Waals surface area contributed by atoms with Crippen molar-refractivity contribution in [2.75, 3.05) is 33.3 Å². The van der Waals surface area contributed by atoms with Gasteiger partial charge in [0.25, 0.3) is 0 Å². The van der Waals surface area contributed by atoms with E-state index in [-0.39, 0.29) is 11.8 Å². The van der Waals surface area contributed by atoms with Crippen LogP contribution < -0.4 is 24.3 Å². The molecule has 1 N–H and O–H groups in total. The first kappa shape index (κ1) is 17.0. The van der Waals surface area contributed by atoms with E-state index in [4.69, 9.17) is 18.9 Å². The summed E-state index contributed by atoms with van der Waals surface area (Å²) < 4.78 is 21.4. The number of hydrogen-bond acceptors (Lipinski definition) is 5. The van der Waals surface area contributed by atoms with Crippen molar-refractivity contribution >= 4 is 11.6 Å². The molecule has 0 bridgehead atoms. The summed E-state index contributed by atoms with van der Waals surface area (Å²) in [5.74, 6) is 2.36. The minimum Gasteiger partial charge on any atom is -0.497 e. The minimum absolute atomic E-state index is 0.114. The zero-order chi connectivity index (χ0) is 17.8. The SMILES string of the molecule is COc1ccc2c(c1)C[C@@H](C(=O)Nc1ccc(OC)cc1OC)CO2. The first-order valence-electron chi connectivity index (χ1n) is 7.97. The quantitative estimate of drug-likeness (QED) is 0.904. The van der Waals surface area contributed by atoms with E-state index in [1.807, 2.05) is 18.2 Å². The van der Waals surface area contributed by atoms with E-state index in [1.54, 1.807) is 39.5 Å². The molecule has 0 unspecified atom stereocenters. The molecule has 2 aromatic carbocycles. The Hall–Kier alpha value is -2.89. The zero-order valence-electron chi connectivity index (χ0n) is 14.5. The van der Waals surface area contributed by atoms with Crippen LogP contribution in [0.4, 0.5) is 5.69 Å². The highest BCUT2D eigenvalue weighted by Crippen LogP contribution is 2.33. The number of carbonyl (C=O) groups is 1. The molecule has 6 heteroatoms. The van der Waals surface area contributed by atoms with Crippen LogP contribution >= 0.6 is 0 Å². The summed E-state index contributed by atoms with van der Waals surface area (Å²) in [5.41, 5.74) is 1.57. The number of nitrogens with one attached hydrogen (secondary N) is 1. The van der Waals surface area contributed by atoms with E-state index in [2.05, 4.69) is 5.32 Å². The van der Waals surface area contributed by atoms with Crippen LogP contribution in [0.2, 0.25) is 0 Å². The maximum absolute atomic E-state index is 12.6. The fourth-order valence-electron chi connectivity index (χ4n) is 2.80. The zero-order valence-corrected chi connectivity index (χ0v) is 14.5. The van der Waals surface area contributed by atoms with Gasteiger partial charge in [0.15, 0.2) is 0 Å². The smallest absolute Gasteiger partial charge is 0.231 e. The third-order valence-corrected chi connectivity index (χ3v) is 4.21.